The quantitative estimate of drug-likeness (QED) is 0.697. The van der Waals surface area contributed by atoms with E-state index in [-0.39, 0.29) is 11.5 Å². The van der Waals surface area contributed by atoms with Crippen LogP contribution in [0.3, 0.4) is 0 Å². The van der Waals surface area contributed by atoms with E-state index in [0.717, 1.165) is 10.4 Å². The third-order valence-electron chi connectivity index (χ3n) is 3.60. The summed E-state index contributed by atoms with van der Waals surface area (Å²) in [6, 6.07) is 11.9. The molecule has 124 valence electrons. The third-order valence-corrected chi connectivity index (χ3v) is 4.76. The Morgan fingerprint density at radius 1 is 1.25 bits per heavy atom. The molecule has 0 radical (unpaired) electrons. The van der Waals surface area contributed by atoms with Crippen molar-refractivity contribution in [2.75, 3.05) is 18.4 Å². The van der Waals surface area contributed by atoms with Gasteiger partial charge in [-0.3, -0.25) is 14.2 Å². The summed E-state index contributed by atoms with van der Waals surface area (Å²) < 4.78 is 2.14. The molecule has 24 heavy (non-hydrogen) atoms. The molecular weight excluding hydrogens is 324 g/mol. The topological polar surface area (TPSA) is 76.0 Å². The molecule has 0 aliphatic heterocycles. The molecule has 2 heterocycles. The lowest BCUT2D eigenvalue weighted by Crippen LogP contribution is -2.28. The van der Waals surface area contributed by atoms with Crippen molar-refractivity contribution in [3.05, 3.63) is 46.8 Å². The number of rotatable bonds is 5. The Bertz CT molecular complexity index is 931. The number of benzene rings is 1. The van der Waals surface area contributed by atoms with Gasteiger partial charge in [-0.1, -0.05) is 30.3 Å². The van der Waals surface area contributed by atoms with E-state index in [9.17, 15) is 9.59 Å². The number of thiophene rings is 1. The first-order valence-electron chi connectivity index (χ1n) is 7.60. The summed E-state index contributed by atoms with van der Waals surface area (Å²) in [5, 5.41) is 5.79. The van der Waals surface area contributed by atoms with E-state index < -0.39 is 0 Å². The molecule has 3 rings (SSSR count). The monoisotopic (exact) mass is 342 g/mol. The normalized spacial score (nSPS) is 10.8. The molecule has 2 aromatic heterocycles. The van der Waals surface area contributed by atoms with Crippen molar-refractivity contribution in [1.29, 1.82) is 0 Å². The predicted octanol–water partition coefficient (Wildman–Crippen LogP) is 2.21. The van der Waals surface area contributed by atoms with Crippen LogP contribution in [-0.4, -0.2) is 28.5 Å². The van der Waals surface area contributed by atoms with Crippen LogP contribution in [0.1, 0.15) is 6.92 Å². The lowest BCUT2D eigenvalue weighted by atomic mass is 10.2. The fraction of sp³-hybridized carbons (Fsp3) is 0.235. The Morgan fingerprint density at radius 3 is 2.71 bits per heavy atom. The first kappa shape index (κ1) is 16.2. The maximum Gasteiger partial charge on any atom is 0.272 e. The summed E-state index contributed by atoms with van der Waals surface area (Å²) in [7, 11) is 1.69. The zero-order valence-electron chi connectivity index (χ0n) is 13.5. The van der Waals surface area contributed by atoms with Gasteiger partial charge in [0.1, 0.15) is 4.70 Å². The highest BCUT2D eigenvalue weighted by molar-refractivity contribution is 7.22. The van der Waals surface area contributed by atoms with Crippen LogP contribution in [0.15, 0.2) is 41.2 Å². The van der Waals surface area contributed by atoms with Crippen molar-refractivity contribution in [2.45, 2.75) is 6.92 Å². The SMILES string of the molecule is CC(=O)NCCNc1nc2cc(-c3ccccc3)sc2c(=O)n1C. The van der Waals surface area contributed by atoms with Crippen LogP contribution in [0.25, 0.3) is 20.7 Å². The third kappa shape index (κ3) is 3.30. The molecule has 0 saturated heterocycles. The Labute approximate surface area is 143 Å². The fourth-order valence-corrected chi connectivity index (χ4v) is 3.45. The number of anilines is 1. The molecule has 1 amide bonds. The number of aromatic nitrogens is 2. The average molecular weight is 342 g/mol. The highest BCUT2D eigenvalue weighted by Gasteiger charge is 2.12. The maximum atomic E-state index is 12.6. The molecule has 3 aromatic rings. The van der Waals surface area contributed by atoms with Gasteiger partial charge >= 0.3 is 0 Å². The van der Waals surface area contributed by atoms with Gasteiger partial charge in [0.15, 0.2) is 0 Å². The van der Waals surface area contributed by atoms with Crippen molar-refractivity contribution in [3.63, 3.8) is 0 Å². The summed E-state index contributed by atoms with van der Waals surface area (Å²) in [6.45, 7) is 2.44. The molecule has 0 atom stereocenters. The van der Waals surface area contributed by atoms with Crippen molar-refractivity contribution in [1.82, 2.24) is 14.9 Å². The van der Waals surface area contributed by atoms with Crippen molar-refractivity contribution in [2.24, 2.45) is 7.05 Å². The standard InChI is InChI=1S/C17H18N4O2S/c1-11(22)18-8-9-19-17-20-13-10-14(12-6-4-3-5-7-12)24-15(13)16(23)21(17)2/h3-7,10H,8-9H2,1-2H3,(H,18,22)(H,19,20). The van der Waals surface area contributed by atoms with Gasteiger partial charge in [0, 0.05) is 31.9 Å². The van der Waals surface area contributed by atoms with Crippen LogP contribution in [0.4, 0.5) is 5.95 Å². The molecule has 6 nitrogen and oxygen atoms in total. The zero-order valence-corrected chi connectivity index (χ0v) is 14.3. The van der Waals surface area contributed by atoms with E-state index in [1.807, 2.05) is 36.4 Å². The van der Waals surface area contributed by atoms with Gasteiger partial charge in [-0.15, -0.1) is 11.3 Å². The van der Waals surface area contributed by atoms with E-state index in [2.05, 4.69) is 15.6 Å². The number of nitrogens with zero attached hydrogens (tertiary/aromatic N) is 2. The maximum absolute atomic E-state index is 12.6. The second-order valence-corrected chi connectivity index (χ2v) is 6.45. The second kappa shape index (κ2) is 6.84. The molecule has 2 N–H and O–H groups in total. The number of carbonyl (C=O) groups is 1. The van der Waals surface area contributed by atoms with Crippen molar-refractivity contribution < 1.29 is 4.79 Å². The minimum atomic E-state index is -0.0839. The minimum absolute atomic E-state index is 0.0748. The highest BCUT2D eigenvalue weighted by Crippen LogP contribution is 2.31. The summed E-state index contributed by atoms with van der Waals surface area (Å²) in [4.78, 5) is 29.0. The number of amides is 1. The number of hydrogen-bond donors (Lipinski definition) is 2. The smallest absolute Gasteiger partial charge is 0.272 e. The first-order valence-corrected chi connectivity index (χ1v) is 8.42. The molecule has 0 saturated carbocycles. The van der Waals surface area contributed by atoms with E-state index >= 15 is 0 Å². The van der Waals surface area contributed by atoms with Gasteiger partial charge < -0.3 is 10.6 Å². The molecular formula is C17H18N4O2S. The van der Waals surface area contributed by atoms with Crippen LogP contribution in [0.5, 0.6) is 0 Å². The Kier molecular flexibility index (Phi) is 4.61. The van der Waals surface area contributed by atoms with Gasteiger partial charge in [0.05, 0.1) is 5.52 Å². The number of nitrogens with one attached hydrogen (secondary N) is 2. The van der Waals surface area contributed by atoms with Gasteiger partial charge in [0.25, 0.3) is 5.56 Å². The largest absolute Gasteiger partial charge is 0.355 e. The lowest BCUT2D eigenvalue weighted by molar-refractivity contribution is -0.118. The van der Waals surface area contributed by atoms with Crippen LogP contribution >= 0.6 is 11.3 Å². The highest BCUT2D eigenvalue weighted by atomic mass is 32.1. The zero-order chi connectivity index (χ0) is 17.1. The molecule has 0 aliphatic carbocycles. The fourth-order valence-electron chi connectivity index (χ4n) is 2.37. The molecule has 0 bridgehead atoms. The van der Waals surface area contributed by atoms with Crippen LogP contribution in [-0.2, 0) is 11.8 Å². The minimum Gasteiger partial charge on any atom is -0.355 e. The summed E-state index contributed by atoms with van der Waals surface area (Å²) in [5.41, 5.74) is 1.68. The van der Waals surface area contributed by atoms with Crippen molar-refractivity contribution >= 4 is 33.4 Å². The lowest BCUT2D eigenvalue weighted by Gasteiger charge is -2.09. The summed E-state index contributed by atoms with van der Waals surface area (Å²) in [5.74, 6) is 0.412. The van der Waals surface area contributed by atoms with Crippen LogP contribution in [0.2, 0.25) is 0 Å². The Balaban J connectivity index is 1.91. The second-order valence-electron chi connectivity index (χ2n) is 5.40. The van der Waals surface area contributed by atoms with E-state index in [1.54, 1.807) is 7.05 Å². The van der Waals surface area contributed by atoms with Gasteiger partial charge in [0.2, 0.25) is 11.9 Å². The van der Waals surface area contributed by atoms with Crippen LogP contribution in [0, 0.1) is 0 Å². The number of carbonyl (C=O) groups excluding carboxylic acids is 1. The molecule has 0 spiro atoms. The van der Waals surface area contributed by atoms with Crippen LogP contribution < -0.4 is 16.2 Å². The van der Waals surface area contributed by atoms with Gasteiger partial charge in [-0.25, -0.2) is 4.98 Å². The summed E-state index contributed by atoms with van der Waals surface area (Å²) in [6.07, 6.45) is 0. The molecule has 1 aromatic carbocycles. The van der Waals surface area contributed by atoms with E-state index in [1.165, 1.54) is 22.8 Å². The van der Waals surface area contributed by atoms with Crippen molar-refractivity contribution in [3.8, 4) is 10.4 Å². The molecule has 0 unspecified atom stereocenters. The first-order chi connectivity index (χ1) is 11.6. The predicted molar refractivity (Wildman–Crippen MR) is 97.5 cm³/mol. The molecule has 7 heteroatoms. The Hall–Kier alpha value is -2.67. The van der Waals surface area contributed by atoms with E-state index in [0.29, 0.717) is 29.3 Å². The number of fused-ring (bicyclic) bond motifs is 1. The molecule has 0 aliphatic rings. The van der Waals surface area contributed by atoms with Gasteiger partial charge in [-0.05, 0) is 11.6 Å². The number of hydrogen-bond acceptors (Lipinski definition) is 5. The van der Waals surface area contributed by atoms with Gasteiger partial charge in [-0.2, -0.15) is 0 Å². The average Bonchev–Trinajstić information content (AvgIpc) is 3.01. The Morgan fingerprint density at radius 2 is 2.00 bits per heavy atom. The van der Waals surface area contributed by atoms with E-state index in [4.69, 9.17) is 0 Å². The molecule has 0 fully saturated rings. The summed E-state index contributed by atoms with van der Waals surface area (Å²) >= 11 is 1.45.